The summed E-state index contributed by atoms with van der Waals surface area (Å²) in [4.78, 5) is 36.0. The Morgan fingerprint density at radius 2 is 1.02 bits per heavy atom. The summed E-state index contributed by atoms with van der Waals surface area (Å²) in [7, 11) is 0. The fraction of sp³-hybridized carbons (Fsp3) is 0.0588. The lowest BCUT2D eigenvalue weighted by atomic mass is 10.1. The van der Waals surface area contributed by atoms with Gasteiger partial charge in [0.15, 0.2) is 11.3 Å². The third-order valence-corrected chi connectivity index (χ3v) is 7.87. The van der Waals surface area contributed by atoms with Crippen molar-refractivity contribution >= 4 is 57.1 Å². The molecule has 3 aromatic carbocycles. The van der Waals surface area contributed by atoms with Crippen LogP contribution in [-0.4, -0.2) is 18.8 Å². The summed E-state index contributed by atoms with van der Waals surface area (Å²) in [6.45, 7) is 3.48. The fourth-order valence-corrected chi connectivity index (χ4v) is 5.55. The first-order valence-corrected chi connectivity index (χ1v) is 13.7. The van der Waals surface area contributed by atoms with E-state index in [4.69, 9.17) is 0 Å². The second-order valence-corrected chi connectivity index (χ2v) is 10.3. The fourth-order valence-electron chi connectivity index (χ4n) is 5.55. The predicted molar refractivity (Wildman–Crippen MR) is 170 cm³/mol. The van der Waals surface area contributed by atoms with Crippen LogP contribution in [0.15, 0.2) is 82.4 Å². The zero-order valence-corrected chi connectivity index (χ0v) is 23.6. The average molecular weight is 575 g/mol. The van der Waals surface area contributed by atoms with Gasteiger partial charge in [0.25, 0.3) is 11.1 Å². The molecule has 0 fully saturated rings. The van der Waals surface area contributed by atoms with Gasteiger partial charge in [0.05, 0.1) is 43.6 Å². The van der Waals surface area contributed by atoms with Gasteiger partial charge in [-0.25, -0.2) is 9.97 Å². The second kappa shape index (κ2) is 10.1. The van der Waals surface area contributed by atoms with Gasteiger partial charge in [0.2, 0.25) is 0 Å². The quantitative estimate of drug-likeness (QED) is 0.326. The Morgan fingerprint density at radius 1 is 0.636 bits per heavy atom. The van der Waals surface area contributed by atoms with Crippen molar-refractivity contribution in [3.8, 4) is 12.1 Å². The molecule has 0 atom stereocenters. The van der Waals surface area contributed by atoms with Gasteiger partial charge in [0, 0.05) is 23.8 Å². The van der Waals surface area contributed by atoms with Crippen LogP contribution in [0.5, 0.6) is 0 Å². The van der Waals surface area contributed by atoms with Gasteiger partial charge >= 0.3 is 0 Å². The Morgan fingerprint density at radius 3 is 1.41 bits per heavy atom. The molecule has 10 nitrogen and oxygen atoms in total. The molecule has 0 unspecified atom stereocenters. The maximum absolute atomic E-state index is 13.5. The van der Waals surface area contributed by atoms with E-state index in [1.807, 2.05) is 60.7 Å². The van der Waals surface area contributed by atoms with E-state index in [-0.39, 0.29) is 11.1 Å². The lowest BCUT2D eigenvalue weighted by molar-refractivity contribution is 1.10. The maximum Gasteiger partial charge on any atom is 0.265 e. The van der Waals surface area contributed by atoms with Crippen LogP contribution in [0.25, 0.3) is 45.8 Å². The summed E-state index contributed by atoms with van der Waals surface area (Å²) in [5.41, 5.74) is 5.93. The molecule has 7 aromatic rings. The first-order chi connectivity index (χ1) is 21.4. The lowest BCUT2D eigenvalue weighted by Gasteiger charge is -2.07. The number of nitriles is 2. The van der Waals surface area contributed by atoms with Gasteiger partial charge in [-0.15, -0.1) is 0 Å². The smallest absolute Gasteiger partial charge is 0.265 e. The molecule has 0 aliphatic carbocycles. The highest BCUT2D eigenvalue weighted by atomic mass is 16.1. The minimum atomic E-state index is -0.270. The molecule has 0 saturated heterocycles. The molecule has 7 rings (SSSR count). The molecule has 44 heavy (non-hydrogen) atoms. The summed E-state index contributed by atoms with van der Waals surface area (Å²) in [5.74, 6) is 0. The highest BCUT2D eigenvalue weighted by molar-refractivity contribution is 5.84. The Labute approximate surface area is 249 Å². The highest BCUT2D eigenvalue weighted by Gasteiger charge is 2.17. The van der Waals surface area contributed by atoms with Crippen molar-refractivity contribution in [2.45, 2.75) is 13.8 Å². The van der Waals surface area contributed by atoms with Crippen molar-refractivity contribution in [1.82, 2.24) is 18.8 Å². The molecule has 2 N–H and O–H groups in total. The van der Waals surface area contributed by atoms with Crippen molar-refractivity contribution in [1.29, 1.82) is 10.5 Å². The summed E-state index contributed by atoms with van der Waals surface area (Å²) >= 11 is 0. The lowest BCUT2D eigenvalue weighted by Crippen LogP contribution is -2.35. The molecule has 0 spiro atoms. The maximum atomic E-state index is 13.5. The Bertz CT molecular complexity index is 2460. The van der Waals surface area contributed by atoms with E-state index in [0.29, 0.717) is 77.4 Å². The van der Waals surface area contributed by atoms with Crippen molar-refractivity contribution in [3.05, 3.63) is 126 Å². The number of anilines is 2. The number of nitrogens with one attached hydrogen (secondary N) is 2. The van der Waals surface area contributed by atoms with E-state index in [1.165, 1.54) is 8.80 Å². The van der Waals surface area contributed by atoms with Crippen molar-refractivity contribution in [2.75, 3.05) is 10.6 Å². The zero-order chi connectivity index (χ0) is 30.5. The molecule has 0 aliphatic heterocycles. The molecular weight excluding hydrogens is 552 g/mol. The van der Waals surface area contributed by atoms with E-state index in [9.17, 15) is 20.1 Å². The van der Waals surface area contributed by atoms with Crippen molar-refractivity contribution in [2.24, 2.45) is 0 Å². The molecule has 4 aromatic heterocycles. The molecule has 4 heterocycles. The molecule has 210 valence electrons. The SMILES string of the molecule is Cc1c(C#N)c2nc3ccccc3n2c(=O)c1=CNc1ccc(NC=c2c(C)c(C#N)c3nc4ccccc4n3c2=O)cc1. The summed E-state index contributed by atoms with van der Waals surface area (Å²) in [5, 5.41) is 26.8. The molecule has 0 bridgehead atoms. The molecule has 10 heteroatoms. The van der Waals surface area contributed by atoms with Crippen LogP contribution in [0.4, 0.5) is 11.4 Å². The van der Waals surface area contributed by atoms with Crippen LogP contribution < -0.4 is 32.2 Å². The van der Waals surface area contributed by atoms with Crippen LogP contribution in [0.2, 0.25) is 0 Å². The summed E-state index contributed by atoms with van der Waals surface area (Å²) in [6.07, 6.45) is 3.20. The van der Waals surface area contributed by atoms with Gasteiger partial charge in [-0.05, 0) is 73.5 Å². The zero-order valence-electron chi connectivity index (χ0n) is 23.6. The Hall–Kier alpha value is -6.52. The van der Waals surface area contributed by atoms with E-state index in [2.05, 4.69) is 32.7 Å². The van der Waals surface area contributed by atoms with Gasteiger partial charge < -0.3 is 10.6 Å². The number of para-hydroxylation sites is 4. The third-order valence-electron chi connectivity index (χ3n) is 7.87. The van der Waals surface area contributed by atoms with E-state index >= 15 is 0 Å². The Balaban J connectivity index is 1.23. The van der Waals surface area contributed by atoms with Crippen LogP contribution in [0.1, 0.15) is 22.3 Å². The van der Waals surface area contributed by atoms with E-state index < -0.39 is 0 Å². The van der Waals surface area contributed by atoms with E-state index in [0.717, 1.165) is 0 Å². The average Bonchev–Trinajstić information content (AvgIpc) is 3.61. The van der Waals surface area contributed by atoms with Gasteiger partial charge in [-0.3, -0.25) is 18.4 Å². The molecule has 0 radical (unpaired) electrons. The van der Waals surface area contributed by atoms with Crippen LogP contribution in [0.3, 0.4) is 0 Å². The first kappa shape index (κ1) is 26.4. The van der Waals surface area contributed by atoms with Crippen LogP contribution in [0, 0.1) is 36.5 Å². The largest absolute Gasteiger partial charge is 0.361 e. The standard InChI is InChI=1S/C34H22N8O2/c1-19-23(15-35)31-39-27-7-3-5-9-29(27)41(31)33(43)25(19)17-37-21-11-13-22(14-12-21)38-18-26-20(2)24(16-36)32-40-28-8-4-6-10-30(28)42(32)34(26)44/h3-14,17-18,37-38H,1-2H3. The number of hydrogen-bond acceptors (Lipinski definition) is 8. The van der Waals surface area contributed by atoms with Crippen molar-refractivity contribution in [3.63, 3.8) is 0 Å². The van der Waals surface area contributed by atoms with Gasteiger partial charge in [0.1, 0.15) is 12.1 Å². The number of pyridine rings is 2. The number of imidazole rings is 2. The molecule has 0 saturated carbocycles. The normalized spacial score (nSPS) is 12.3. The molecule has 0 amide bonds. The van der Waals surface area contributed by atoms with Crippen LogP contribution in [-0.2, 0) is 0 Å². The Kier molecular flexibility index (Phi) is 6.05. The topological polar surface area (TPSA) is 140 Å². The first-order valence-electron chi connectivity index (χ1n) is 13.7. The molecular formula is C34H22N8O2. The highest BCUT2D eigenvalue weighted by Crippen LogP contribution is 2.19. The number of aromatic nitrogens is 4. The van der Waals surface area contributed by atoms with Crippen molar-refractivity contribution < 1.29 is 0 Å². The number of rotatable bonds is 4. The number of nitrogens with zero attached hydrogens (tertiary/aromatic N) is 6. The number of benzene rings is 3. The minimum absolute atomic E-state index is 0.270. The van der Waals surface area contributed by atoms with Gasteiger partial charge in [-0.2, -0.15) is 10.5 Å². The summed E-state index contributed by atoms with van der Waals surface area (Å²) < 4.78 is 2.95. The monoisotopic (exact) mass is 574 g/mol. The van der Waals surface area contributed by atoms with E-state index in [1.54, 1.807) is 38.4 Å². The second-order valence-electron chi connectivity index (χ2n) is 10.3. The summed E-state index contributed by atoms with van der Waals surface area (Å²) in [6, 6.07) is 26.3. The van der Waals surface area contributed by atoms with Crippen LogP contribution >= 0.6 is 0 Å². The minimum Gasteiger partial charge on any atom is -0.361 e. The number of hydrogen-bond donors (Lipinski definition) is 2. The predicted octanol–water partition coefficient (Wildman–Crippen LogP) is 3.51. The number of fused-ring (bicyclic) bond motifs is 6. The van der Waals surface area contributed by atoms with Gasteiger partial charge in [-0.1, -0.05) is 24.3 Å². The molecule has 0 aliphatic rings. The third kappa shape index (κ3) is 3.94.